The van der Waals surface area contributed by atoms with Crippen LogP contribution in [0.2, 0.25) is 0 Å². The molecule has 0 amide bonds. The molecule has 1 fully saturated rings. The summed E-state index contributed by atoms with van der Waals surface area (Å²) in [6.45, 7) is 5.49. The van der Waals surface area contributed by atoms with E-state index in [-0.39, 0.29) is 12.6 Å². The fourth-order valence-electron chi connectivity index (χ4n) is 2.44. The van der Waals surface area contributed by atoms with E-state index < -0.39 is 10.2 Å². The Morgan fingerprint density at radius 2 is 2.29 bits per heavy atom. The molecule has 1 atom stereocenters. The molecule has 0 aromatic carbocycles. The van der Waals surface area contributed by atoms with E-state index >= 15 is 0 Å². The third kappa shape index (κ3) is 4.77. The molecule has 7 nitrogen and oxygen atoms in total. The van der Waals surface area contributed by atoms with Crippen molar-refractivity contribution in [3.63, 3.8) is 0 Å². The van der Waals surface area contributed by atoms with Gasteiger partial charge in [-0.2, -0.15) is 17.4 Å². The molecule has 2 N–H and O–H groups in total. The van der Waals surface area contributed by atoms with E-state index in [0.29, 0.717) is 24.9 Å². The maximum absolute atomic E-state index is 12.5. The summed E-state index contributed by atoms with van der Waals surface area (Å²) in [5.74, 6) is 0.507. The van der Waals surface area contributed by atoms with Gasteiger partial charge in [0.1, 0.15) is 0 Å². The van der Waals surface area contributed by atoms with Gasteiger partial charge in [-0.1, -0.05) is 25.4 Å². The summed E-state index contributed by atoms with van der Waals surface area (Å²) in [6.07, 6.45) is 4.36. The second kappa shape index (κ2) is 7.35. The molecule has 1 aromatic heterocycles. The average molecular weight is 316 g/mol. The van der Waals surface area contributed by atoms with Crippen LogP contribution in [0.15, 0.2) is 16.8 Å². The Morgan fingerprint density at radius 3 is 2.95 bits per heavy atom. The van der Waals surface area contributed by atoms with Gasteiger partial charge in [0.15, 0.2) is 5.76 Å². The Kier molecular flexibility index (Phi) is 5.74. The molecular weight excluding hydrogens is 292 g/mol. The zero-order chi connectivity index (χ0) is 15.3. The molecule has 1 aliphatic rings. The third-order valence-electron chi connectivity index (χ3n) is 3.56. The first-order valence-electron chi connectivity index (χ1n) is 7.38. The normalized spacial score (nSPS) is 21.0. The second-order valence-corrected chi connectivity index (χ2v) is 7.34. The van der Waals surface area contributed by atoms with Crippen molar-refractivity contribution in [1.82, 2.24) is 19.5 Å². The van der Waals surface area contributed by atoms with E-state index in [1.807, 2.05) is 0 Å². The van der Waals surface area contributed by atoms with E-state index in [0.717, 1.165) is 19.3 Å². The zero-order valence-electron chi connectivity index (χ0n) is 12.6. The summed E-state index contributed by atoms with van der Waals surface area (Å²) in [5.41, 5.74) is 0. The van der Waals surface area contributed by atoms with Gasteiger partial charge >= 0.3 is 0 Å². The van der Waals surface area contributed by atoms with E-state index in [4.69, 9.17) is 4.52 Å². The first-order valence-corrected chi connectivity index (χ1v) is 8.82. The lowest BCUT2D eigenvalue weighted by molar-refractivity contribution is 0.238. The molecule has 0 bridgehead atoms. The second-order valence-electron chi connectivity index (χ2n) is 5.63. The van der Waals surface area contributed by atoms with Crippen molar-refractivity contribution in [2.45, 2.75) is 51.7 Å². The SMILES string of the molecule is CC(C)NCC1CCCCN1S(=O)(=O)NCc1ccno1. The Bertz CT molecular complexity index is 516. The van der Waals surface area contributed by atoms with Crippen molar-refractivity contribution < 1.29 is 12.9 Å². The number of piperidine rings is 1. The first-order chi connectivity index (χ1) is 9.99. The molecular formula is C13H24N4O3S. The highest BCUT2D eigenvalue weighted by molar-refractivity contribution is 7.87. The summed E-state index contributed by atoms with van der Waals surface area (Å²) in [6, 6.07) is 2.00. The fraction of sp³-hybridized carbons (Fsp3) is 0.769. The lowest BCUT2D eigenvalue weighted by Gasteiger charge is -2.35. The van der Waals surface area contributed by atoms with Gasteiger partial charge in [-0.05, 0) is 12.8 Å². The monoisotopic (exact) mass is 316 g/mol. The number of hydrogen-bond donors (Lipinski definition) is 2. The van der Waals surface area contributed by atoms with Crippen LogP contribution in [-0.4, -0.2) is 43.1 Å². The van der Waals surface area contributed by atoms with E-state index in [2.05, 4.69) is 29.0 Å². The van der Waals surface area contributed by atoms with Crippen LogP contribution in [0.25, 0.3) is 0 Å². The zero-order valence-corrected chi connectivity index (χ0v) is 13.4. The molecule has 1 unspecified atom stereocenters. The number of nitrogens with one attached hydrogen (secondary N) is 2. The minimum Gasteiger partial charge on any atom is -0.360 e. The minimum atomic E-state index is -3.50. The lowest BCUT2D eigenvalue weighted by Crippen LogP contribution is -2.52. The molecule has 2 rings (SSSR count). The number of aromatic nitrogens is 1. The first kappa shape index (κ1) is 16.4. The van der Waals surface area contributed by atoms with E-state index in [9.17, 15) is 8.42 Å². The van der Waals surface area contributed by atoms with Gasteiger partial charge in [-0.25, -0.2) is 0 Å². The van der Waals surface area contributed by atoms with Crippen LogP contribution in [0.4, 0.5) is 0 Å². The smallest absolute Gasteiger partial charge is 0.280 e. The van der Waals surface area contributed by atoms with Gasteiger partial charge in [0, 0.05) is 31.2 Å². The number of rotatable bonds is 7. The molecule has 0 aliphatic carbocycles. The predicted molar refractivity (Wildman–Crippen MR) is 79.7 cm³/mol. The maximum atomic E-state index is 12.5. The standard InChI is InChI=1S/C13H24N4O3S/c1-11(2)14-9-12-5-3-4-8-17(12)21(18,19)16-10-13-6-7-15-20-13/h6-7,11-12,14,16H,3-5,8-10H2,1-2H3. The van der Waals surface area contributed by atoms with Gasteiger partial charge in [0.25, 0.3) is 10.2 Å². The highest BCUT2D eigenvalue weighted by atomic mass is 32.2. The van der Waals surface area contributed by atoms with Crippen LogP contribution in [0.3, 0.4) is 0 Å². The molecule has 120 valence electrons. The maximum Gasteiger partial charge on any atom is 0.280 e. The molecule has 1 aliphatic heterocycles. The van der Waals surface area contributed by atoms with Crippen molar-refractivity contribution in [3.8, 4) is 0 Å². The molecule has 0 spiro atoms. The molecule has 21 heavy (non-hydrogen) atoms. The molecule has 8 heteroatoms. The molecule has 2 heterocycles. The van der Waals surface area contributed by atoms with Crippen LogP contribution >= 0.6 is 0 Å². The van der Waals surface area contributed by atoms with Crippen LogP contribution in [-0.2, 0) is 16.8 Å². The van der Waals surface area contributed by atoms with Crippen LogP contribution in [0.1, 0.15) is 38.9 Å². The predicted octanol–water partition coefficient (Wildman–Crippen LogP) is 0.862. The Hall–Kier alpha value is -0.960. The Labute approximate surface area is 126 Å². The molecule has 0 saturated carbocycles. The highest BCUT2D eigenvalue weighted by Crippen LogP contribution is 2.19. The topological polar surface area (TPSA) is 87.5 Å². The van der Waals surface area contributed by atoms with Gasteiger partial charge in [0.2, 0.25) is 0 Å². The molecule has 1 aromatic rings. The van der Waals surface area contributed by atoms with Crippen molar-refractivity contribution >= 4 is 10.2 Å². The fourth-order valence-corrected chi connectivity index (χ4v) is 3.88. The summed E-state index contributed by atoms with van der Waals surface area (Å²) in [4.78, 5) is 0. The van der Waals surface area contributed by atoms with Gasteiger partial charge in [0.05, 0.1) is 12.7 Å². The van der Waals surface area contributed by atoms with Crippen molar-refractivity contribution in [2.75, 3.05) is 13.1 Å². The van der Waals surface area contributed by atoms with Gasteiger partial charge in [-0.15, -0.1) is 0 Å². The van der Waals surface area contributed by atoms with Crippen LogP contribution in [0, 0.1) is 0 Å². The minimum absolute atomic E-state index is 0.00776. The van der Waals surface area contributed by atoms with Gasteiger partial charge < -0.3 is 9.84 Å². The van der Waals surface area contributed by atoms with Crippen molar-refractivity contribution in [2.24, 2.45) is 0 Å². The largest absolute Gasteiger partial charge is 0.360 e. The van der Waals surface area contributed by atoms with Crippen LogP contribution < -0.4 is 10.0 Å². The van der Waals surface area contributed by atoms with E-state index in [1.165, 1.54) is 6.20 Å². The number of nitrogens with zero attached hydrogens (tertiary/aromatic N) is 2. The Morgan fingerprint density at radius 1 is 1.48 bits per heavy atom. The van der Waals surface area contributed by atoms with Crippen molar-refractivity contribution in [3.05, 3.63) is 18.0 Å². The summed E-state index contributed by atoms with van der Waals surface area (Å²) in [7, 11) is -3.50. The summed E-state index contributed by atoms with van der Waals surface area (Å²) >= 11 is 0. The molecule has 0 radical (unpaired) electrons. The lowest BCUT2D eigenvalue weighted by atomic mass is 10.0. The third-order valence-corrected chi connectivity index (χ3v) is 5.17. The summed E-state index contributed by atoms with van der Waals surface area (Å²) < 4.78 is 34.0. The number of hydrogen-bond acceptors (Lipinski definition) is 5. The van der Waals surface area contributed by atoms with E-state index in [1.54, 1.807) is 10.4 Å². The average Bonchev–Trinajstić information content (AvgIpc) is 2.97. The molecule has 1 saturated heterocycles. The quantitative estimate of drug-likeness (QED) is 0.779. The van der Waals surface area contributed by atoms with Crippen molar-refractivity contribution in [1.29, 1.82) is 0 Å². The van der Waals surface area contributed by atoms with Crippen LogP contribution in [0.5, 0.6) is 0 Å². The highest BCUT2D eigenvalue weighted by Gasteiger charge is 2.32. The van der Waals surface area contributed by atoms with Gasteiger partial charge in [-0.3, -0.25) is 0 Å². The Balaban J connectivity index is 1.97. The summed E-state index contributed by atoms with van der Waals surface area (Å²) in [5, 5.41) is 6.89.